The molecule has 0 unspecified atom stereocenters. The SMILES string of the molecule is CC(=O)NCC#Cc1ccc(C(F)(F)F)nc1. The van der Waals surface area contributed by atoms with Crippen LogP contribution in [0.15, 0.2) is 18.3 Å². The van der Waals surface area contributed by atoms with Crippen LogP contribution in [-0.4, -0.2) is 17.4 Å². The zero-order valence-electron chi connectivity index (χ0n) is 8.93. The van der Waals surface area contributed by atoms with E-state index >= 15 is 0 Å². The van der Waals surface area contributed by atoms with Gasteiger partial charge in [0.25, 0.3) is 0 Å². The van der Waals surface area contributed by atoms with Gasteiger partial charge in [-0.3, -0.25) is 9.78 Å². The van der Waals surface area contributed by atoms with E-state index in [0.29, 0.717) is 5.56 Å². The smallest absolute Gasteiger partial charge is 0.345 e. The van der Waals surface area contributed by atoms with Crippen LogP contribution in [0.2, 0.25) is 0 Å². The van der Waals surface area contributed by atoms with Crippen molar-refractivity contribution in [1.29, 1.82) is 0 Å². The van der Waals surface area contributed by atoms with E-state index in [1.807, 2.05) is 0 Å². The molecule has 0 atom stereocenters. The van der Waals surface area contributed by atoms with Gasteiger partial charge in [0, 0.05) is 18.7 Å². The first kappa shape index (κ1) is 13.0. The number of carbonyl (C=O) groups is 1. The van der Waals surface area contributed by atoms with Crippen molar-refractivity contribution in [2.24, 2.45) is 0 Å². The van der Waals surface area contributed by atoms with Gasteiger partial charge in [-0.2, -0.15) is 13.2 Å². The molecule has 0 spiro atoms. The van der Waals surface area contributed by atoms with Gasteiger partial charge in [-0.15, -0.1) is 0 Å². The summed E-state index contributed by atoms with van der Waals surface area (Å²) in [6.45, 7) is 1.50. The summed E-state index contributed by atoms with van der Waals surface area (Å²) in [5.74, 6) is 4.95. The molecular weight excluding hydrogens is 233 g/mol. The molecule has 0 aromatic carbocycles. The number of nitrogens with zero attached hydrogens (tertiary/aromatic N) is 1. The number of pyridine rings is 1. The van der Waals surface area contributed by atoms with Crippen molar-refractivity contribution in [1.82, 2.24) is 10.3 Å². The molecule has 90 valence electrons. The van der Waals surface area contributed by atoms with Crippen LogP contribution in [0.25, 0.3) is 0 Å². The highest BCUT2D eigenvalue weighted by Gasteiger charge is 2.31. The molecule has 0 bridgehead atoms. The molecule has 1 N–H and O–H groups in total. The van der Waals surface area contributed by atoms with Crippen LogP contribution in [0.5, 0.6) is 0 Å². The Hall–Kier alpha value is -2.03. The van der Waals surface area contributed by atoms with E-state index in [4.69, 9.17) is 0 Å². The number of hydrogen-bond acceptors (Lipinski definition) is 2. The van der Waals surface area contributed by atoms with Crippen molar-refractivity contribution < 1.29 is 18.0 Å². The van der Waals surface area contributed by atoms with Gasteiger partial charge in [0.1, 0.15) is 5.69 Å². The quantitative estimate of drug-likeness (QED) is 0.760. The second kappa shape index (κ2) is 5.34. The fourth-order valence-electron chi connectivity index (χ4n) is 0.950. The van der Waals surface area contributed by atoms with Gasteiger partial charge >= 0.3 is 6.18 Å². The first-order valence-corrected chi connectivity index (χ1v) is 4.66. The van der Waals surface area contributed by atoms with E-state index in [9.17, 15) is 18.0 Å². The molecule has 17 heavy (non-hydrogen) atoms. The maximum Gasteiger partial charge on any atom is 0.433 e. The highest BCUT2D eigenvalue weighted by molar-refractivity contribution is 5.73. The number of nitrogens with one attached hydrogen (secondary N) is 1. The summed E-state index contributed by atoms with van der Waals surface area (Å²) in [4.78, 5) is 13.7. The molecule has 1 heterocycles. The molecule has 0 radical (unpaired) electrons. The zero-order chi connectivity index (χ0) is 12.9. The number of alkyl halides is 3. The maximum absolute atomic E-state index is 12.2. The minimum absolute atomic E-state index is 0.149. The Morgan fingerprint density at radius 2 is 2.18 bits per heavy atom. The number of carbonyl (C=O) groups excluding carboxylic acids is 1. The van der Waals surface area contributed by atoms with E-state index in [-0.39, 0.29) is 12.5 Å². The van der Waals surface area contributed by atoms with Crippen molar-refractivity contribution >= 4 is 5.91 Å². The fourth-order valence-corrected chi connectivity index (χ4v) is 0.950. The Morgan fingerprint density at radius 1 is 1.47 bits per heavy atom. The maximum atomic E-state index is 12.2. The summed E-state index contributed by atoms with van der Waals surface area (Å²) in [7, 11) is 0. The van der Waals surface area contributed by atoms with E-state index in [1.54, 1.807) is 0 Å². The summed E-state index contributed by atoms with van der Waals surface area (Å²) in [6, 6.07) is 2.10. The summed E-state index contributed by atoms with van der Waals surface area (Å²) < 4.78 is 36.5. The van der Waals surface area contributed by atoms with Crippen LogP contribution in [0.4, 0.5) is 13.2 Å². The average Bonchev–Trinajstić information content (AvgIpc) is 2.23. The summed E-state index contributed by atoms with van der Waals surface area (Å²) in [5.41, 5.74) is -0.590. The number of hydrogen-bond donors (Lipinski definition) is 1. The van der Waals surface area contributed by atoms with Crippen LogP contribution < -0.4 is 5.32 Å². The molecule has 1 aromatic heterocycles. The summed E-state index contributed by atoms with van der Waals surface area (Å²) >= 11 is 0. The molecule has 0 fully saturated rings. The number of halogens is 3. The van der Waals surface area contributed by atoms with Crippen molar-refractivity contribution in [2.75, 3.05) is 6.54 Å². The van der Waals surface area contributed by atoms with E-state index in [1.165, 1.54) is 13.0 Å². The van der Waals surface area contributed by atoms with Gasteiger partial charge in [-0.1, -0.05) is 11.8 Å². The molecule has 6 heteroatoms. The van der Waals surface area contributed by atoms with Crippen LogP contribution in [-0.2, 0) is 11.0 Å². The predicted molar refractivity (Wildman–Crippen MR) is 54.8 cm³/mol. The summed E-state index contributed by atoms with van der Waals surface area (Å²) in [5, 5.41) is 2.44. The number of amides is 1. The lowest BCUT2D eigenvalue weighted by atomic mass is 10.2. The number of aromatic nitrogens is 1. The minimum atomic E-state index is -4.44. The van der Waals surface area contributed by atoms with Crippen molar-refractivity contribution in [3.05, 3.63) is 29.6 Å². The first-order valence-electron chi connectivity index (χ1n) is 4.66. The standard InChI is InChI=1S/C11H9F3N2O/c1-8(17)15-6-2-3-9-4-5-10(16-7-9)11(12,13)14/h4-5,7H,6H2,1H3,(H,15,17). The molecule has 0 saturated heterocycles. The van der Waals surface area contributed by atoms with Crippen LogP contribution in [0, 0.1) is 11.8 Å². The van der Waals surface area contributed by atoms with Crippen molar-refractivity contribution in [3.63, 3.8) is 0 Å². The Balaban J connectivity index is 2.66. The van der Waals surface area contributed by atoms with Crippen molar-refractivity contribution in [2.45, 2.75) is 13.1 Å². The third-order valence-corrected chi connectivity index (χ3v) is 1.71. The highest BCUT2D eigenvalue weighted by Crippen LogP contribution is 2.26. The van der Waals surface area contributed by atoms with E-state index in [2.05, 4.69) is 22.1 Å². The fraction of sp³-hybridized carbons (Fsp3) is 0.273. The molecule has 1 amide bonds. The lowest BCUT2D eigenvalue weighted by Gasteiger charge is -2.03. The van der Waals surface area contributed by atoms with Gasteiger partial charge in [-0.25, -0.2) is 0 Å². The van der Waals surface area contributed by atoms with Crippen molar-refractivity contribution in [3.8, 4) is 11.8 Å². The normalized spacial score (nSPS) is 10.4. The topological polar surface area (TPSA) is 42.0 Å². The van der Waals surface area contributed by atoms with Gasteiger partial charge in [0.15, 0.2) is 0 Å². The van der Waals surface area contributed by atoms with Gasteiger partial charge in [0.2, 0.25) is 5.91 Å². The van der Waals surface area contributed by atoms with Gasteiger partial charge in [-0.05, 0) is 12.1 Å². The molecule has 0 aliphatic rings. The highest BCUT2D eigenvalue weighted by atomic mass is 19.4. The van der Waals surface area contributed by atoms with E-state index in [0.717, 1.165) is 12.3 Å². The second-order valence-corrected chi connectivity index (χ2v) is 3.14. The molecule has 1 rings (SSSR count). The monoisotopic (exact) mass is 242 g/mol. The Bertz CT molecular complexity index is 454. The Morgan fingerprint density at radius 3 is 2.65 bits per heavy atom. The Labute approximate surface area is 96.0 Å². The van der Waals surface area contributed by atoms with E-state index < -0.39 is 11.9 Å². The third kappa shape index (κ3) is 4.55. The molecule has 0 saturated carbocycles. The van der Waals surface area contributed by atoms with Crippen LogP contribution in [0.1, 0.15) is 18.2 Å². The van der Waals surface area contributed by atoms with Gasteiger partial charge < -0.3 is 5.32 Å². The molecule has 0 aliphatic heterocycles. The average molecular weight is 242 g/mol. The summed E-state index contributed by atoms with van der Waals surface area (Å²) in [6.07, 6.45) is -3.40. The largest absolute Gasteiger partial charge is 0.433 e. The lowest BCUT2D eigenvalue weighted by molar-refractivity contribution is -0.141. The van der Waals surface area contributed by atoms with Crippen LogP contribution in [0.3, 0.4) is 0 Å². The Kier molecular flexibility index (Phi) is 4.10. The third-order valence-electron chi connectivity index (χ3n) is 1.71. The molecule has 0 aliphatic carbocycles. The van der Waals surface area contributed by atoms with Gasteiger partial charge in [0.05, 0.1) is 6.54 Å². The molecule has 3 nitrogen and oxygen atoms in total. The zero-order valence-corrected chi connectivity index (χ0v) is 8.93. The van der Waals surface area contributed by atoms with Crippen LogP contribution >= 0.6 is 0 Å². The molecule has 1 aromatic rings. The molecular formula is C11H9F3N2O. The second-order valence-electron chi connectivity index (χ2n) is 3.14. The predicted octanol–water partition coefficient (Wildman–Crippen LogP) is 1.59. The number of rotatable bonds is 1. The lowest BCUT2D eigenvalue weighted by Crippen LogP contribution is -2.19. The first-order chi connectivity index (χ1) is 7.89. The minimum Gasteiger partial charge on any atom is -0.345 e.